The quantitative estimate of drug-likeness (QED) is 0.674. The Morgan fingerprint density at radius 3 is 2.90 bits per heavy atom. The molecule has 21 heavy (non-hydrogen) atoms. The van der Waals surface area contributed by atoms with E-state index < -0.39 is 5.56 Å². The van der Waals surface area contributed by atoms with Gasteiger partial charge in [0.1, 0.15) is 16.4 Å². The second-order valence-electron chi connectivity index (χ2n) is 4.05. The molecular formula is C12H10N4O3S2. The first-order valence-corrected chi connectivity index (χ1v) is 7.41. The molecule has 0 aliphatic rings. The SMILES string of the molecule is COc1ccc2c(O)c(Sc3nnc(N)s3)c(=O)[nH]c2c1. The van der Waals surface area contributed by atoms with Gasteiger partial charge in [-0.2, -0.15) is 0 Å². The third-order valence-corrected chi connectivity index (χ3v) is 4.65. The third-order valence-electron chi connectivity index (χ3n) is 2.76. The van der Waals surface area contributed by atoms with Crippen LogP contribution < -0.4 is 16.0 Å². The minimum atomic E-state index is -0.410. The summed E-state index contributed by atoms with van der Waals surface area (Å²) >= 11 is 2.17. The summed E-state index contributed by atoms with van der Waals surface area (Å²) in [6.07, 6.45) is 0. The van der Waals surface area contributed by atoms with Crippen molar-refractivity contribution in [1.82, 2.24) is 15.2 Å². The highest BCUT2D eigenvalue weighted by Crippen LogP contribution is 2.37. The predicted octanol–water partition coefficient (Wildman–Crippen LogP) is 1.83. The molecule has 7 nitrogen and oxygen atoms in total. The number of aromatic hydroxyl groups is 1. The first-order chi connectivity index (χ1) is 10.1. The van der Waals surface area contributed by atoms with Crippen LogP contribution in [0.3, 0.4) is 0 Å². The van der Waals surface area contributed by atoms with Gasteiger partial charge in [-0.3, -0.25) is 4.79 Å². The molecule has 1 aromatic carbocycles. The molecule has 108 valence electrons. The zero-order valence-electron chi connectivity index (χ0n) is 10.8. The number of hydrogen-bond acceptors (Lipinski definition) is 8. The van der Waals surface area contributed by atoms with E-state index in [1.165, 1.54) is 7.11 Å². The Balaban J connectivity index is 2.13. The Hall–Kier alpha value is -2.26. The van der Waals surface area contributed by atoms with Crippen molar-refractivity contribution in [3.05, 3.63) is 28.6 Å². The van der Waals surface area contributed by atoms with E-state index in [0.717, 1.165) is 23.1 Å². The van der Waals surface area contributed by atoms with Crippen molar-refractivity contribution >= 4 is 39.1 Å². The van der Waals surface area contributed by atoms with Gasteiger partial charge >= 0.3 is 0 Å². The molecule has 9 heteroatoms. The number of nitrogen functional groups attached to an aromatic ring is 1. The van der Waals surface area contributed by atoms with Crippen LogP contribution in [0.1, 0.15) is 0 Å². The summed E-state index contributed by atoms with van der Waals surface area (Å²) in [4.78, 5) is 15.0. The number of hydrogen-bond donors (Lipinski definition) is 3. The van der Waals surface area contributed by atoms with Crippen molar-refractivity contribution in [2.45, 2.75) is 9.24 Å². The van der Waals surface area contributed by atoms with Crippen LogP contribution in [0.2, 0.25) is 0 Å². The number of aromatic nitrogens is 3. The second kappa shape index (κ2) is 5.26. The predicted molar refractivity (Wildman–Crippen MR) is 81.2 cm³/mol. The molecule has 0 saturated heterocycles. The summed E-state index contributed by atoms with van der Waals surface area (Å²) in [6, 6.07) is 5.03. The van der Waals surface area contributed by atoms with Gasteiger partial charge in [0, 0.05) is 11.5 Å². The molecule has 0 fully saturated rings. The smallest absolute Gasteiger partial charge is 0.266 e. The standard InChI is InChI=1S/C12H10N4O3S2/c1-19-5-2-3-6-7(4-5)14-10(18)9(8(6)17)20-12-16-15-11(13)21-12/h2-4H,1H3,(H2,13,15)(H2,14,17,18). The average molecular weight is 322 g/mol. The van der Waals surface area contributed by atoms with Crippen LogP contribution >= 0.6 is 23.1 Å². The van der Waals surface area contributed by atoms with E-state index >= 15 is 0 Å². The van der Waals surface area contributed by atoms with E-state index in [2.05, 4.69) is 15.2 Å². The summed E-state index contributed by atoms with van der Waals surface area (Å²) in [6.45, 7) is 0. The van der Waals surface area contributed by atoms with Gasteiger partial charge in [0.05, 0.1) is 12.6 Å². The number of pyridine rings is 1. The molecular weight excluding hydrogens is 312 g/mol. The fourth-order valence-corrected chi connectivity index (χ4v) is 3.43. The van der Waals surface area contributed by atoms with E-state index in [4.69, 9.17) is 10.5 Å². The summed E-state index contributed by atoms with van der Waals surface area (Å²) in [5.41, 5.74) is 5.59. The van der Waals surface area contributed by atoms with Crippen molar-refractivity contribution in [2.24, 2.45) is 0 Å². The molecule has 2 heterocycles. The monoisotopic (exact) mass is 322 g/mol. The number of fused-ring (bicyclic) bond motifs is 1. The van der Waals surface area contributed by atoms with Crippen LogP contribution in [-0.4, -0.2) is 27.4 Å². The maximum atomic E-state index is 12.1. The summed E-state index contributed by atoms with van der Waals surface area (Å²) < 4.78 is 5.58. The molecule has 3 aromatic rings. The van der Waals surface area contributed by atoms with Gasteiger partial charge in [-0.05, 0) is 23.9 Å². The Kier molecular flexibility index (Phi) is 3.43. The highest BCUT2D eigenvalue weighted by molar-refractivity contribution is 8.01. The van der Waals surface area contributed by atoms with Gasteiger partial charge in [0.2, 0.25) is 5.13 Å². The minimum Gasteiger partial charge on any atom is -0.506 e. The molecule has 4 N–H and O–H groups in total. The highest BCUT2D eigenvalue weighted by Gasteiger charge is 2.16. The minimum absolute atomic E-state index is 0.102. The van der Waals surface area contributed by atoms with E-state index in [9.17, 15) is 9.90 Å². The van der Waals surface area contributed by atoms with Crippen LogP contribution in [0.25, 0.3) is 10.9 Å². The topological polar surface area (TPSA) is 114 Å². The molecule has 0 aliphatic heterocycles. The number of anilines is 1. The molecule has 0 spiro atoms. The number of nitrogens with two attached hydrogens (primary N) is 1. The van der Waals surface area contributed by atoms with E-state index in [1.54, 1.807) is 18.2 Å². The Morgan fingerprint density at radius 2 is 2.24 bits per heavy atom. The number of H-pyrrole nitrogens is 1. The second-order valence-corrected chi connectivity index (χ2v) is 6.32. The van der Waals surface area contributed by atoms with E-state index in [1.807, 2.05) is 0 Å². The lowest BCUT2D eigenvalue weighted by Crippen LogP contribution is -2.08. The Bertz CT molecular complexity index is 875. The largest absolute Gasteiger partial charge is 0.506 e. The summed E-state index contributed by atoms with van der Waals surface area (Å²) in [5.74, 6) is 0.491. The van der Waals surface area contributed by atoms with Crippen LogP contribution in [0.4, 0.5) is 5.13 Å². The lowest BCUT2D eigenvalue weighted by atomic mass is 10.2. The van der Waals surface area contributed by atoms with Crippen molar-refractivity contribution in [3.63, 3.8) is 0 Å². The van der Waals surface area contributed by atoms with Crippen LogP contribution in [0, 0.1) is 0 Å². The number of rotatable bonds is 3. The number of aromatic amines is 1. The van der Waals surface area contributed by atoms with Gasteiger partial charge in [0.15, 0.2) is 4.34 Å². The fourth-order valence-electron chi connectivity index (χ4n) is 1.81. The van der Waals surface area contributed by atoms with Gasteiger partial charge in [-0.15, -0.1) is 10.2 Å². The fraction of sp³-hybridized carbons (Fsp3) is 0.0833. The van der Waals surface area contributed by atoms with E-state index in [-0.39, 0.29) is 10.6 Å². The summed E-state index contributed by atoms with van der Waals surface area (Å²) in [5, 5.41) is 18.6. The first-order valence-electron chi connectivity index (χ1n) is 5.78. The molecule has 0 bridgehead atoms. The molecule has 0 atom stereocenters. The van der Waals surface area contributed by atoms with Crippen molar-refractivity contribution in [2.75, 3.05) is 12.8 Å². The molecule has 0 amide bonds. The number of nitrogens with zero attached hydrogens (tertiary/aromatic N) is 2. The van der Waals surface area contributed by atoms with Crippen molar-refractivity contribution in [3.8, 4) is 11.5 Å². The van der Waals surface area contributed by atoms with Crippen LogP contribution in [0.5, 0.6) is 11.5 Å². The van der Waals surface area contributed by atoms with E-state index in [0.29, 0.717) is 26.1 Å². The maximum absolute atomic E-state index is 12.1. The number of benzene rings is 1. The molecule has 2 aromatic heterocycles. The van der Waals surface area contributed by atoms with Gasteiger partial charge in [-0.1, -0.05) is 11.3 Å². The molecule has 0 aliphatic carbocycles. The van der Waals surface area contributed by atoms with Gasteiger partial charge in [-0.25, -0.2) is 0 Å². The zero-order valence-corrected chi connectivity index (χ0v) is 12.4. The Morgan fingerprint density at radius 1 is 1.43 bits per heavy atom. The van der Waals surface area contributed by atoms with Crippen molar-refractivity contribution in [1.29, 1.82) is 0 Å². The van der Waals surface area contributed by atoms with Gasteiger partial charge in [0.25, 0.3) is 5.56 Å². The molecule has 0 unspecified atom stereocenters. The molecule has 0 radical (unpaired) electrons. The number of ether oxygens (including phenoxy) is 1. The van der Waals surface area contributed by atoms with Gasteiger partial charge < -0.3 is 20.6 Å². The number of methoxy groups -OCH3 is 1. The summed E-state index contributed by atoms with van der Waals surface area (Å²) in [7, 11) is 1.53. The highest BCUT2D eigenvalue weighted by atomic mass is 32.2. The Labute approximate surface area is 126 Å². The maximum Gasteiger partial charge on any atom is 0.266 e. The lowest BCUT2D eigenvalue weighted by Gasteiger charge is -2.07. The average Bonchev–Trinajstić information content (AvgIpc) is 2.88. The van der Waals surface area contributed by atoms with Crippen LogP contribution in [-0.2, 0) is 0 Å². The first kappa shape index (κ1) is 13.7. The molecule has 0 saturated carbocycles. The van der Waals surface area contributed by atoms with Crippen LogP contribution in [0.15, 0.2) is 32.2 Å². The van der Waals surface area contributed by atoms with Crippen molar-refractivity contribution < 1.29 is 9.84 Å². The normalized spacial score (nSPS) is 10.9. The zero-order chi connectivity index (χ0) is 15.0. The molecule has 3 rings (SSSR count). The lowest BCUT2D eigenvalue weighted by molar-refractivity contribution is 0.415. The number of nitrogens with one attached hydrogen (secondary N) is 1. The third kappa shape index (κ3) is 2.52.